The van der Waals surface area contributed by atoms with E-state index in [9.17, 15) is 4.79 Å². The van der Waals surface area contributed by atoms with Crippen LogP contribution >= 0.6 is 0 Å². The summed E-state index contributed by atoms with van der Waals surface area (Å²) in [5.74, 6) is 0.664. The van der Waals surface area contributed by atoms with Gasteiger partial charge in [-0.3, -0.25) is 9.69 Å². The highest BCUT2D eigenvalue weighted by molar-refractivity contribution is 6.62. The Hall–Kier alpha value is -2.18. The summed E-state index contributed by atoms with van der Waals surface area (Å²) in [6.45, 7) is 8.13. The lowest BCUT2D eigenvalue weighted by Crippen LogP contribution is -2.41. The van der Waals surface area contributed by atoms with Crippen LogP contribution in [0.15, 0.2) is 42.6 Å². The van der Waals surface area contributed by atoms with Gasteiger partial charge >= 0.3 is 7.12 Å². The zero-order valence-corrected chi connectivity index (χ0v) is 14.9. The van der Waals surface area contributed by atoms with Crippen LogP contribution in [0.25, 0.3) is 0 Å². The average molecular weight is 336 g/mol. The van der Waals surface area contributed by atoms with Gasteiger partial charge in [-0.15, -0.1) is 0 Å². The highest BCUT2D eigenvalue weighted by atomic mass is 16.7. The maximum atomic E-state index is 12.5. The Bertz CT molecular complexity index is 820. The number of carbonyl (C=O) groups excluding carboxylic acids is 1. The highest BCUT2D eigenvalue weighted by Gasteiger charge is 2.52. The predicted octanol–water partition coefficient (Wildman–Crippen LogP) is 2.60. The van der Waals surface area contributed by atoms with Gasteiger partial charge in [0.05, 0.1) is 23.3 Å². The summed E-state index contributed by atoms with van der Waals surface area (Å²) in [4.78, 5) is 18.5. The second-order valence-corrected chi connectivity index (χ2v) is 7.57. The monoisotopic (exact) mass is 336 g/mol. The van der Waals surface area contributed by atoms with Crippen LogP contribution in [0.4, 0.5) is 11.5 Å². The summed E-state index contributed by atoms with van der Waals surface area (Å²) in [6.07, 6.45) is 2.08. The number of nitrogens with zero attached hydrogens (tertiary/aromatic N) is 2. The Labute approximate surface area is 148 Å². The molecule has 1 amide bonds. The first-order valence-electron chi connectivity index (χ1n) is 8.51. The zero-order valence-electron chi connectivity index (χ0n) is 14.9. The number of aromatic nitrogens is 1. The van der Waals surface area contributed by atoms with E-state index >= 15 is 0 Å². The first-order chi connectivity index (χ1) is 11.8. The van der Waals surface area contributed by atoms with Crippen molar-refractivity contribution in [3.05, 3.63) is 48.2 Å². The van der Waals surface area contributed by atoms with E-state index in [0.29, 0.717) is 12.2 Å². The zero-order chi connectivity index (χ0) is 17.8. The molecule has 0 N–H and O–H groups in total. The molecule has 0 atom stereocenters. The molecule has 2 aliphatic heterocycles. The number of pyridine rings is 1. The third kappa shape index (κ3) is 2.57. The Morgan fingerprint density at radius 1 is 1.08 bits per heavy atom. The van der Waals surface area contributed by atoms with Gasteiger partial charge < -0.3 is 9.31 Å². The first kappa shape index (κ1) is 16.3. The average Bonchev–Trinajstić information content (AvgIpc) is 2.99. The predicted molar refractivity (Wildman–Crippen MR) is 97.2 cm³/mol. The molecule has 2 aliphatic rings. The normalized spacial score (nSPS) is 20.9. The van der Waals surface area contributed by atoms with E-state index < -0.39 is 18.3 Å². The van der Waals surface area contributed by atoms with Gasteiger partial charge in [-0.1, -0.05) is 18.2 Å². The van der Waals surface area contributed by atoms with Crippen molar-refractivity contribution in [3.8, 4) is 0 Å². The Kier molecular flexibility index (Phi) is 3.53. The van der Waals surface area contributed by atoms with E-state index in [-0.39, 0.29) is 5.91 Å². The molecule has 5 nitrogen and oxygen atoms in total. The van der Waals surface area contributed by atoms with Crippen molar-refractivity contribution in [1.82, 2.24) is 4.98 Å². The van der Waals surface area contributed by atoms with Crippen LogP contribution < -0.4 is 10.4 Å². The second-order valence-electron chi connectivity index (χ2n) is 7.57. The lowest BCUT2D eigenvalue weighted by Gasteiger charge is -2.32. The minimum atomic E-state index is -0.448. The molecule has 1 aromatic carbocycles. The first-order valence-corrected chi connectivity index (χ1v) is 8.51. The summed E-state index contributed by atoms with van der Waals surface area (Å²) in [5.41, 5.74) is 1.97. The molecule has 0 radical (unpaired) electrons. The third-order valence-electron chi connectivity index (χ3n) is 5.35. The van der Waals surface area contributed by atoms with Gasteiger partial charge in [0, 0.05) is 6.20 Å². The van der Waals surface area contributed by atoms with Crippen molar-refractivity contribution in [2.45, 2.75) is 45.3 Å². The smallest absolute Gasteiger partial charge is 0.399 e. The fraction of sp³-hybridized carbons (Fsp3) is 0.368. The van der Waals surface area contributed by atoms with Crippen molar-refractivity contribution in [2.75, 3.05) is 4.90 Å². The van der Waals surface area contributed by atoms with Gasteiger partial charge in [-0.2, -0.15) is 0 Å². The van der Waals surface area contributed by atoms with Gasteiger partial charge in [0.25, 0.3) is 0 Å². The SMILES string of the molecule is CC1(C)OB(c2ccc3c(c2)N(c2ccccn2)C(=O)C3)OC1(C)C. The van der Waals surface area contributed by atoms with E-state index in [4.69, 9.17) is 9.31 Å². The second kappa shape index (κ2) is 5.41. The Morgan fingerprint density at radius 3 is 2.44 bits per heavy atom. The molecule has 2 aromatic rings. The molecule has 128 valence electrons. The number of carbonyl (C=O) groups is 1. The minimum Gasteiger partial charge on any atom is -0.399 e. The maximum Gasteiger partial charge on any atom is 0.494 e. The molecule has 1 aromatic heterocycles. The molecule has 1 saturated heterocycles. The van der Waals surface area contributed by atoms with E-state index in [0.717, 1.165) is 16.7 Å². The fourth-order valence-electron chi connectivity index (χ4n) is 3.18. The van der Waals surface area contributed by atoms with E-state index in [1.807, 2.05) is 64.1 Å². The number of amides is 1. The van der Waals surface area contributed by atoms with Crippen molar-refractivity contribution >= 4 is 30.0 Å². The van der Waals surface area contributed by atoms with Gasteiger partial charge in [0.15, 0.2) is 0 Å². The molecule has 0 bridgehead atoms. The number of hydrogen-bond acceptors (Lipinski definition) is 4. The van der Waals surface area contributed by atoms with E-state index in [1.165, 1.54) is 0 Å². The van der Waals surface area contributed by atoms with Crippen LogP contribution in [0.1, 0.15) is 33.3 Å². The third-order valence-corrected chi connectivity index (χ3v) is 5.35. The lowest BCUT2D eigenvalue weighted by atomic mass is 9.78. The number of fused-ring (bicyclic) bond motifs is 1. The molecule has 3 heterocycles. The van der Waals surface area contributed by atoms with Crippen LogP contribution in [0.5, 0.6) is 0 Å². The fourth-order valence-corrected chi connectivity index (χ4v) is 3.18. The van der Waals surface area contributed by atoms with E-state index in [1.54, 1.807) is 11.1 Å². The summed E-state index contributed by atoms with van der Waals surface area (Å²) >= 11 is 0. The van der Waals surface area contributed by atoms with Gasteiger partial charge in [-0.05, 0) is 56.9 Å². The number of hydrogen-bond donors (Lipinski definition) is 0. The van der Waals surface area contributed by atoms with Gasteiger partial charge in [-0.25, -0.2) is 4.98 Å². The maximum absolute atomic E-state index is 12.5. The molecule has 0 saturated carbocycles. The topological polar surface area (TPSA) is 51.7 Å². The largest absolute Gasteiger partial charge is 0.494 e. The molecule has 4 rings (SSSR count). The molecule has 0 unspecified atom stereocenters. The molecule has 0 spiro atoms. The molecule has 1 fully saturated rings. The van der Waals surface area contributed by atoms with E-state index in [2.05, 4.69) is 4.98 Å². The summed E-state index contributed by atoms with van der Waals surface area (Å²) in [5, 5.41) is 0. The van der Waals surface area contributed by atoms with Crippen molar-refractivity contribution in [3.63, 3.8) is 0 Å². The number of rotatable bonds is 2. The standard InChI is InChI=1S/C19H21BN2O3/c1-18(2)19(3,4)25-20(24-18)14-9-8-13-11-17(23)22(15(13)12-14)16-7-5-6-10-21-16/h5-10,12H,11H2,1-4H3. The Balaban J connectivity index is 1.72. The molecule has 6 heteroatoms. The van der Waals surface area contributed by atoms with Crippen LogP contribution in [-0.2, 0) is 20.5 Å². The summed E-state index contributed by atoms with van der Waals surface area (Å²) in [6, 6.07) is 11.5. The molecule has 0 aliphatic carbocycles. The van der Waals surface area contributed by atoms with Gasteiger partial charge in [0.1, 0.15) is 5.82 Å². The number of anilines is 2. The van der Waals surface area contributed by atoms with Crippen LogP contribution in [0, 0.1) is 0 Å². The van der Waals surface area contributed by atoms with Crippen LogP contribution in [-0.4, -0.2) is 29.2 Å². The lowest BCUT2D eigenvalue weighted by molar-refractivity contribution is -0.116. The van der Waals surface area contributed by atoms with Crippen molar-refractivity contribution in [1.29, 1.82) is 0 Å². The highest BCUT2D eigenvalue weighted by Crippen LogP contribution is 2.38. The summed E-state index contributed by atoms with van der Waals surface area (Å²) < 4.78 is 12.3. The molecular weight excluding hydrogens is 315 g/mol. The van der Waals surface area contributed by atoms with Crippen LogP contribution in [0.2, 0.25) is 0 Å². The Morgan fingerprint density at radius 2 is 1.80 bits per heavy atom. The minimum absolute atomic E-state index is 0.0276. The van der Waals surface area contributed by atoms with Crippen molar-refractivity contribution in [2.24, 2.45) is 0 Å². The quantitative estimate of drug-likeness (QED) is 0.791. The molecule has 25 heavy (non-hydrogen) atoms. The van der Waals surface area contributed by atoms with Crippen molar-refractivity contribution < 1.29 is 14.1 Å². The van der Waals surface area contributed by atoms with Gasteiger partial charge in [0.2, 0.25) is 5.91 Å². The number of benzene rings is 1. The molecular formula is C19H21BN2O3. The summed E-state index contributed by atoms with van der Waals surface area (Å²) in [7, 11) is -0.448. The van der Waals surface area contributed by atoms with Crippen LogP contribution in [0.3, 0.4) is 0 Å².